The highest BCUT2D eigenvalue weighted by molar-refractivity contribution is 14.1. The largest absolute Gasteiger partial charge is 0.508 e. The molecule has 0 bridgehead atoms. The van der Waals surface area contributed by atoms with Crippen molar-refractivity contribution in [2.24, 2.45) is 0 Å². The van der Waals surface area contributed by atoms with Crippen molar-refractivity contribution >= 4 is 33.7 Å². The van der Waals surface area contributed by atoms with Gasteiger partial charge in [0.15, 0.2) is 0 Å². The fraction of sp³-hybridized carbons (Fsp3) is 0.0909. The summed E-state index contributed by atoms with van der Waals surface area (Å²) < 4.78 is 20.9. The fourth-order valence-corrected chi connectivity index (χ4v) is 3.67. The summed E-state index contributed by atoms with van der Waals surface area (Å²) in [6.45, 7) is 2.01. The molecular formula is C22H16FIO2. The number of phenolic OH excluding ortho intramolecular Hbond substituents is 1. The van der Waals surface area contributed by atoms with Gasteiger partial charge in [-0.2, -0.15) is 0 Å². The van der Waals surface area contributed by atoms with Crippen molar-refractivity contribution in [3.8, 4) is 11.5 Å². The van der Waals surface area contributed by atoms with Crippen LogP contribution in [-0.4, -0.2) is 5.11 Å². The van der Waals surface area contributed by atoms with Crippen LogP contribution in [0.4, 0.5) is 4.39 Å². The minimum atomic E-state index is -0.297. The average Bonchev–Trinajstić information content (AvgIpc) is 2.64. The van der Waals surface area contributed by atoms with Crippen LogP contribution in [-0.2, 0) is 0 Å². The van der Waals surface area contributed by atoms with Gasteiger partial charge in [-0.05, 0) is 88.7 Å². The Hall–Kier alpha value is -2.34. The van der Waals surface area contributed by atoms with Gasteiger partial charge in [-0.1, -0.05) is 24.3 Å². The van der Waals surface area contributed by atoms with E-state index < -0.39 is 0 Å². The van der Waals surface area contributed by atoms with Crippen LogP contribution < -0.4 is 4.74 Å². The summed E-state index contributed by atoms with van der Waals surface area (Å²) in [5.41, 5.74) is 4.77. The molecule has 1 N–H and O–H groups in total. The van der Waals surface area contributed by atoms with Crippen LogP contribution in [0.3, 0.4) is 0 Å². The van der Waals surface area contributed by atoms with Gasteiger partial charge in [0.1, 0.15) is 23.4 Å². The fourth-order valence-electron chi connectivity index (χ4n) is 3.31. The van der Waals surface area contributed by atoms with Crippen molar-refractivity contribution in [2.75, 3.05) is 0 Å². The number of rotatable bonds is 2. The first kappa shape index (κ1) is 17.1. The molecule has 26 heavy (non-hydrogen) atoms. The Balaban J connectivity index is 1.93. The number of phenols is 1. The minimum Gasteiger partial charge on any atom is -0.508 e. The summed E-state index contributed by atoms with van der Waals surface area (Å²) in [6, 6.07) is 19.8. The summed E-state index contributed by atoms with van der Waals surface area (Å²) in [5.74, 6) is 0.653. The lowest BCUT2D eigenvalue weighted by Gasteiger charge is -2.31. The van der Waals surface area contributed by atoms with Crippen LogP contribution in [0.15, 0.2) is 66.7 Å². The zero-order chi connectivity index (χ0) is 18.3. The standard InChI is InChI=1S/C22H16FIO2/c1-13-19-12-18(25)10-11-20(19)26-22(15-4-8-17(24)9-5-15)21(13)14-2-6-16(23)7-3-14/h2-12,22,25H,1H3/t22-/m0/s1. The van der Waals surface area contributed by atoms with E-state index >= 15 is 0 Å². The maximum Gasteiger partial charge on any atom is 0.150 e. The molecule has 0 saturated carbocycles. The maximum absolute atomic E-state index is 13.4. The number of aromatic hydroxyl groups is 1. The van der Waals surface area contributed by atoms with Gasteiger partial charge in [-0.25, -0.2) is 4.39 Å². The first-order valence-corrected chi connectivity index (χ1v) is 9.33. The van der Waals surface area contributed by atoms with Crippen molar-refractivity contribution < 1.29 is 14.2 Å². The van der Waals surface area contributed by atoms with E-state index in [9.17, 15) is 9.50 Å². The lowest BCUT2D eigenvalue weighted by Crippen LogP contribution is -2.16. The molecule has 1 atom stereocenters. The minimum absolute atomic E-state index is 0.192. The smallest absolute Gasteiger partial charge is 0.150 e. The Labute approximate surface area is 165 Å². The molecule has 3 aromatic carbocycles. The van der Waals surface area contributed by atoms with Crippen molar-refractivity contribution in [1.82, 2.24) is 0 Å². The van der Waals surface area contributed by atoms with Crippen molar-refractivity contribution in [2.45, 2.75) is 13.0 Å². The molecule has 0 aromatic heterocycles. The quantitative estimate of drug-likeness (QED) is 0.464. The lowest BCUT2D eigenvalue weighted by atomic mass is 9.86. The molecule has 130 valence electrons. The summed E-state index contributed by atoms with van der Waals surface area (Å²) in [6.07, 6.45) is -0.297. The second-order valence-corrected chi connectivity index (χ2v) is 7.52. The van der Waals surface area contributed by atoms with Crippen LogP contribution in [0.1, 0.15) is 29.7 Å². The lowest BCUT2D eigenvalue weighted by molar-refractivity contribution is 0.259. The molecule has 0 fully saturated rings. The molecular weight excluding hydrogens is 442 g/mol. The number of benzene rings is 3. The monoisotopic (exact) mass is 458 g/mol. The first-order chi connectivity index (χ1) is 12.5. The van der Waals surface area contributed by atoms with Crippen LogP contribution in [0.2, 0.25) is 0 Å². The third-order valence-corrected chi connectivity index (χ3v) is 5.33. The predicted octanol–water partition coefficient (Wildman–Crippen LogP) is 6.20. The van der Waals surface area contributed by atoms with Gasteiger partial charge >= 0.3 is 0 Å². The van der Waals surface area contributed by atoms with E-state index in [0.29, 0.717) is 0 Å². The highest BCUT2D eigenvalue weighted by atomic mass is 127. The number of hydrogen-bond acceptors (Lipinski definition) is 2. The molecule has 2 nitrogen and oxygen atoms in total. The van der Waals surface area contributed by atoms with Gasteiger partial charge in [0, 0.05) is 14.7 Å². The van der Waals surface area contributed by atoms with Crippen LogP contribution in [0.25, 0.3) is 11.1 Å². The number of fused-ring (bicyclic) bond motifs is 1. The zero-order valence-electron chi connectivity index (χ0n) is 14.0. The van der Waals surface area contributed by atoms with Gasteiger partial charge in [0.2, 0.25) is 0 Å². The molecule has 0 aliphatic carbocycles. The molecule has 0 amide bonds. The third-order valence-electron chi connectivity index (χ3n) is 4.61. The molecule has 1 aliphatic rings. The molecule has 0 saturated heterocycles. The second kappa shape index (κ2) is 6.76. The Morgan fingerprint density at radius 2 is 1.65 bits per heavy atom. The van der Waals surface area contributed by atoms with Crippen molar-refractivity contribution in [3.05, 3.63) is 92.8 Å². The van der Waals surface area contributed by atoms with Gasteiger partial charge in [-0.3, -0.25) is 0 Å². The van der Waals surface area contributed by atoms with E-state index in [1.807, 2.05) is 19.1 Å². The predicted molar refractivity (Wildman–Crippen MR) is 110 cm³/mol. The van der Waals surface area contributed by atoms with Crippen LogP contribution in [0.5, 0.6) is 11.5 Å². The molecule has 0 unspecified atom stereocenters. The molecule has 4 rings (SSSR count). The summed E-state index contributed by atoms with van der Waals surface area (Å²) in [5, 5.41) is 9.88. The third kappa shape index (κ3) is 3.09. The van der Waals surface area contributed by atoms with Crippen molar-refractivity contribution in [3.63, 3.8) is 0 Å². The molecule has 3 aromatic rings. The second-order valence-electron chi connectivity index (χ2n) is 6.28. The molecule has 0 radical (unpaired) electrons. The Kier molecular flexibility index (Phi) is 4.44. The summed E-state index contributed by atoms with van der Waals surface area (Å²) in [7, 11) is 0. The maximum atomic E-state index is 13.4. The molecule has 1 heterocycles. The van der Waals surface area contributed by atoms with Gasteiger partial charge in [0.05, 0.1) is 0 Å². The Morgan fingerprint density at radius 3 is 2.35 bits per heavy atom. The van der Waals surface area contributed by atoms with E-state index in [0.717, 1.165) is 37.2 Å². The van der Waals surface area contributed by atoms with E-state index in [2.05, 4.69) is 34.7 Å². The van der Waals surface area contributed by atoms with Crippen LogP contribution >= 0.6 is 22.6 Å². The first-order valence-electron chi connectivity index (χ1n) is 8.25. The van der Waals surface area contributed by atoms with Crippen molar-refractivity contribution in [1.29, 1.82) is 0 Å². The number of allylic oxidation sites excluding steroid dienone is 1. The SMILES string of the molecule is CC1=C(c2ccc(F)cc2)[C@H](c2ccc(I)cc2)Oc2ccc(O)cc21. The summed E-state index contributed by atoms with van der Waals surface area (Å²) in [4.78, 5) is 0. The highest BCUT2D eigenvalue weighted by Gasteiger charge is 2.29. The zero-order valence-corrected chi connectivity index (χ0v) is 16.2. The number of hydrogen-bond donors (Lipinski definition) is 1. The van der Waals surface area contributed by atoms with E-state index in [1.165, 1.54) is 12.1 Å². The van der Waals surface area contributed by atoms with Crippen LogP contribution in [0, 0.1) is 9.39 Å². The van der Waals surface area contributed by atoms with Gasteiger partial charge in [-0.15, -0.1) is 0 Å². The van der Waals surface area contributed by atoms with E-state index in [4.69, 9.17) is 4.74 Å². The van der Waals surface area contributed by atoms with Gasteiger partial charge in [0.25, 0.3) is 0 Å². The Morgan fingerprint density at radius 1 is 0.962 bits per heavy atom. The molecule has 1 aliphatic heterocycles. The van der Waals surface area contributed by atoms with E-state index in [1.54, 1.807) is 30.3 Å². The Bertz CT molecular complexity index is 992. The normalized spacial score (nSPS) is 16.2. The number of halogens is 2. The summed E-state index contributed by atoms with van der Waals surface area (Å²) >= 11 is 2.27. The van der Waals surface area contributed by atoms with E-state index in [-0.39, 0.29) is 17.7 Å². The molecule has 0 spiro atoms. The number of ether oxygens (including phenoxy) is 1. The highest BCUT2D eigenvalue weighted by Crippen LogP contribution is 2.47. The topological polar surface area (TPSA) is 29.5 Å². The van der Waals surface area contributed by atoms with Gasteiger partial charge < -0.3 is 9.84 Å². The molecule has 4 heteroatoms. The average molecular weight is 458 g/mol.